The third-order valence-electron chi connectivity index (χ3n) is 4.79. The normalized spacial score (nSPS) is 19.5. The Labute approximate surface area is 159 Å². The summed E-state index contributed by atoms with van der Waals surface area (Å²) in [6.07, 6.45) is -3.34. The van der Waals surface area contributed by atoms with Crippen LogP contribution in [0.5, 0.6) is 0 Å². The van der Waals surface area contributed by atoms with Crippen LogP contribution in [-0.2, 0) is 22.1 Å². The summed E-state index contributed by atoms with van der Waals surface area (Å²) < 4.78 is 48.6. The number of nitrogens with zero attached hydrogens (tertiary/aromatic N) is 3. The minimum atomic E-state index is -4.53. The van der Waals surface area contributed by atoms with Gasteiger partial charge in [0.25, 0.3) is 0 Å². The van der Waals surface area contributed by atoms with E-state index in [-0.39, 0.29) is 12.4 Å². The highest BCUT2D eigenvalue weighted by Gasteiger charge is 2.47. The summed E-state index contributed by atoms with van der Waals surface area (Å²) in [5.74, 6) is 0.403. The number of amides is 2. The second kappa shape index (κ2) is 7.46. The molecule has 1 aliphatic heterocycles. The fourth-order valence-corrected chi connectivity index (χ4v) is 3.43. The molecule has 7 nitrogen and oxygen atoms in total. The summed E-state index contributed by atoms with van der Waals surface area (Å²) in [5, 5.41) is 0. The van der Waals surface area contributed by atoms with E-state index in [1.54, 1.807) is 12.1 Å². The van der Waals surface area contributed by atoms with Crippen molar-refractivity contribution in [1.29, 1.82) is 0 Å². The number of primary amides is 1. The van der Waals surface area contributed by atoms with Gasteiger partial charge in [0.1, 0.15) is 12.2 Å². The van der Waals surface area contributed by atoms with Crippen molar-refractivity contribution >= 4 is 17.7 Å². The lowest BCUT2D eigenvalue weighted by atomic mass is 10.0. The minimum Gasteiger partial charge on any atom is -0.350 e. The monoisotopic (exact) mass is 397 g/mol. The molecule has 0 spiro atoms. The zero-order valence-electron chi connectivity index (χ0n) is 15.4. The topological polar surface area (TPSA) is 87.3 Å². The average Bonchev–Trinajstić information content (AvgIpc) is 2.67. The fourth-order valence-electron chi connectivity index (χ4n) is 3.43. The van der Waals surface area contributed by atoms with Crippen molar-refractivity contribution in [2.45, 2.75) is 25.3 Å². The van der Waals surface area contributed by atoms with Crippen molar-refractivity contribution < 1.29 is 27.4 Å². The molecule has 0 saturated heterocycles. The number of ether oxygens (including phenoxy) is 2. The number of nitrogens with two attached hydrogens (primary N) is 1. The van der Waals surface area contributed by atoms with Crippen molar-refractivity contribution in [1.82, 2.24) is 14.5 Å². The molecule has 2 aromatic rings. The molecule has 0 saturated carbocycles. The molecule has 2 N–H and O–H groups in total. The predicted octanol–water partition coefficient (Wildman–Crippen LogP) is 3.45. The Morgan fingerprint density at radius 3 is 2.46 bits per heavy atom. The third-order valence-corrected chi connectivity index (χ3v) is 4.79. The molecule has 0 fully saturated rings. The Bertz CT molecular complexity index is 869. The van der Waals surface area contributed by atoms with Crippen molar-refractivity contribution in [2.75, 3.05) is 20.8 Å². The molecule has 3 rings (SSSR count). The van der Waals surface area contributed by atoms with Gasteiger partial charge in [-0.3, -0.25) is 0 Å². The summed E-state index contributed by atoms with van der Waals surface area (Å²) in [7, 11) is 2.89. The van der Waals surface area contributed by atoms with Gasteiger partial charge in [0.15, 0.2) is 0 Å². The number of methoxy groups -OCH3 is 2. The summed E-state index contributed by atoms with van der Waals surface area (Å²) in [6, 6.07) is 4.79. The van der Waals surface area contributed by atoms with Crippen LogP contribution in [0.1, 0.15) is 29.5 Å². The van der Waals surface area contributed by atoms with E-state index in [0.29, 0.717) is 30.6 Å². The lowest BCUT2D eigenvalue weighted by molar-refractivity contribution is -0.137. The van der Waals surface area contributed by atoms with Gasteiger partial charge in [0.2, 0.25) is 17.9 Å². The number of carbonyl (C=O) groups is 1. The zero-order valence-corrected chi connectivity index (χ0v) is 15.4. The second-order valence-corrected chi connectivity index (χ2v) is 6.40. The smallest absolute Gasteiger partial charge is 0.350 e. The number of pyridine rings is 2. The maximum Gasteiger partial charge on any atom is 0.426 e. The Kier molecular flexibility index (Phi) is 5.37. The highest BCUT2D eigenvalue weighted by Crippen LogP contribution is 2.40. The number of urea groups is 1. The van der Waals surface area contributed by atoms with E-state index < -0.39 is 28.5 Å². The van der Waals surface area contributed by atoms with Crippen molar-refractivity contribution in [3.63, 3.8) is 0 Å². The third kappa shape index (κ3) is 3.34. The molecule has 0 aliphatic carbocycles. The maximum atomic E-state index is 12.9. The molecule has 10 heteroatoms. The lowest BCUT2D eigenvalue weighted by Crippen LogP contribution is -2.56. The molecule has 2 amide bonds. The molecule has 1 atom stereocenters. The van der Waals surface area contributed by atoms with E-state index >= 15 is 0 Å². The number of aromatic nitrogens is 2. The Hall–Kier alpha value is -2.56. The van der Waals surface area contributed by atoms with Crippen LogP contribution in [0.3, 0.4) is 0 Å². The molecule has 0 radical (unpaired) electrons. The SMILES string of the molecule is COC(OC)c1ccc2c(n1)[N+](C(N)=O)(c1ccc(C(F)(F)F)cn1)CCC2. The van der Waals surface area contributed by atoms with Gasteiger partial charge in [-0.1, -0.05) is 0 Å². The first-order valence-electron chi connectivity index (χ1n) is 8.52. The quantitative estimate of drug-likeness (QED) is 0.631. The number of aryl methyl sites for hydroxylation is 1. The van der Waals surface area contributed by atoms with Gasteiger partial charge < -0.3 is 15.2 Å². The van der Waals surface area contributed by atoms with Crippen LogP contribution in [0, 0.1) is 0 Å². The molecular formula is C18H20F3N4O3+. The predicted molar refractivity (Wildman–Crippen MR) is 94.5 cm³/mol. The summed E-state index contributed by atoms with van der Waals surface area (Å²) in [6.45, 7) is 0.238. The van der Waals surface area contributed by atoms with Gasteiger partial charge in [0, 0.05) is 38.5 Å². The first kappa shape index (κ1) is 20.2. The van der Waals surface area contributed by atoms with Crippen LogP contribution in [0.25, 0.3) is 0 Å². The van der Waals surface area contributed by atoms with Gasteiger partial charge >= 0.3 is 12.2 Å². The average molecular weight is 397 g/mol. The van der Waals surface area contributed by atoms with Crippen LogP contribution in [0.4, 0.5) is 29.6 Å². The Balaban J connectivity index is 2.17. The fraction of sp³-hybridized carbons (Fsp3) is 0.389. The van der Waals surface area contributed by atoms with E-state index in [1.807, 2.05) is 0 Å². The Morgan fingerprint density at radius 1 is 1.21 bits per heavy atom. The highest BCUT2D eigenvalue weighted by atomic mass is 19.4. The molecule has 0 aromatic carbocycles. The van der Waals surface area contributed by atoms with E-state index in [1.165, 1.54) is 20.3 Å². The standard InChI is InChI=1S/C18H19F3N4O3/c1-27-16(28-2)13-7-5-11-4-3-9-25(17(22)26,15(11)24-13)14-8-6-12(10-23-14)18(19,20)21/h5-8,10,16H,3-4,9H2,1-2H3,(H-,22,26)/p+1. The molecule has 2 aromatic heterocycles. The number of hydrogen-bond acceptors (Lipinski definition) is 5. The zero-order chi connectivity index (χ0) is 20.5. The van der Waals surface area contributed by atoms with Crippen LogP contribution in [-0.4, -0.2) is 36.8 Å². The highest BCUT2D eigenvalue weighted by molar-refractivity contribution is 5.92. The van der Waals surface area contributed by atoms with Crippen molar-refractivity contribution in [3.8, 4) is 0 Å². The number of hydrogen-bond donors (Lipinski definition) is 1. The van der Waals surface area contributed by atoms with E-state index in [0.717, 1.165) is 11.6 Å². The molecule has 28 heavy (non-hydrogen) atoms. The molecule has 1 unspecified atom stereocenters. The second-order valence-electron chi connectivity index (χ2n) is 6.40. The lowest BCUT2D eigenvalue weighted by Gasteiger charge is -2.35. The molecule has 0 bridgehead atoms. The molecular weight excluding hydrogens is 377 g/mol. The largest absolute Gasteiger partial charge is 0.426 e. The molecule has 3 heterocycles. The minimum absolute atomic E-state index is 0.0810. The van der Waals surface area contributed by atoms with Crippen LogP contribution in [0.2, 0.25) is 0 Å². The van der Waals surface area contributed by atoms with Gasteiger partial charge in [-0.2, -0.15) is 18.2 Å². The van der Waals surface area contributed by atoms with Crippen LogP contribution < -0.4 is 10.2 Å². The first-order valence-corrected chi connectivity index (χ1v) is 8.52. The van der Waals surface area contributed by atoms with Crippen molar-refractivity contribution in [2.24, 2.45) is 5.73 Å². The number of carbonyl (C=O) groups excluding carboxylic acids is 1. The molecule has 1 aliphatic rings. The summed E-state index contributed by atoms with van der Waals surface area (Å²) in [5.41, 5.74) is 6.01. The van der Waals surface area contributed by atoms with Gasteiger partial charge in [-0.15, -0.1) is 4.48 Å². The first-order chi connectivity index (χ1) is 13.2. The number of alkyl halides is 3. The number of quaternary nitrogens is 1. The van der Waals surface area contributed by atoms with Gasteiger partial charge in [-0.25, -0.2) is 9.78 Å². The number of rotatable bonds is 4. The van der Waals surface area contributed by atoms with Gasteiger partial charge in [-0.05, 0) is 24.6 Å². The van der Waals surface area contributed by atoms with Gasteiger partial charge in [0.05, 0.1) is 5.56 Å². The van der Waals surface area contributed by atoms with Crippen LogP contribution >= 0.6 is 0 Å². The number of fused-ring (bicyclic) bond motifs is 1. The Morgan fingerprint density at radius 2 is 1.93 bits per heavy atom. The van der Waals surface area contributed by atoms with E-state index in [9.17, 15) is 18.0 Å². The number of halogens is 3. The summed E-state index contributed by atoms with van der Waals surface area (Å²) >= 11 is 0. The maximum absolute atomic E-state index is 12.9. The van der Waals surface area contributed by atoms with E-state index in [2.05, 4.69) is 9.97 Å². The molecule has 150 valence electrons. The van der Waals surface area contributed by atoms with E-state index in [4.69, 9.17) is 15.2 Å². The van der Waals surface area contributed by atoms with Crippen LogP contribution in [0.15, 0.2) is 30.5 Å². The van der Waals surface area contributed by atoms with Crippen molar-refractivity contribution in [3.05, 3.63) is 47.3 Å². The summed E-state index contributed by atoms with van der Waals surface area (Å²) in [4.78, 5) is 21.0.